The van der Waals surface area contributed by atoms with E-state index in [-0.39, 0.29) is 5.41 Å². The van der Waals surface area contributed by atoms with Gasteiger partial charge in [0.05, 0.1) is 0 Å². The molecular formula is C16H23NO. The number of hydrogen-bond acceptors (Lipinski definition) is 1. The van der Waals surface area contributed by atoms with E-state index in [1.165, 1.54) is 30.7 Å². The summed E-state index contributed by atoms with van der Waals surface area (Å²) in [6.07, 6.45) is 5.86. The molecule has 3 rings (SSSR count). The Morgan fingerprint density at radius 2 is 2.06 bits per heavy atom. The molecule has 2 aliphatic rings. The Labute approximate surface area is 109 Å². The molecule has 0 saturated heterocycles. The second kappa shape index (κ2) is 3.97. The molecule has 0 atom stereocenters. The normalized spacial score (nSPS) is 22.1. The standard InChI is InChI=1S/C16H23NO/c1-11-8-13-14(9-16(2,3)10-15(13)18)17(11)7-6-12-4-5-12/h8,12H,4-7,9-10H2,1-3H3. The van der Waals surface area contributed by atoms with E-state index in [0.717, 1.165) is 24.4 Å². The first-order valence-corrected chi connectivity index (χ1v) is 7.18. The van der Waals surface area contributed by atoms with Crippen LogP contribution in [0.1, 0.15) is 61.3 Å². The summed E-state index contributed by atoms with van der Waals surface area (Å²) < 4.78 is 2.41. The lowest BCUT2D eigenvalue weighted by molar-refractivity contribution is 0.0910. The maximum absolute atomic E-state index is 12.2. The number of carbonyl (C=O) groups excluding carboxylic acids is 1. The van der Waals surface area contributed by atoms with Crippen LogP contribution in [0.5, 0.6) is 0 Å². The van der Waals surface area contributed by atoms with Crippen molar-refractivity contribution in [3.63, 3.8) is 0 Å². The van der Waals surface area contributed by atoms with Gasteiger partial charge in [0.15, 0.2) is 5.78 Å². The number of nitrogens with zero attached hydrogens (tertiary/aromatic N) is 1. The Morgan fingerprint density at radius 3 is 2.72 bits per heavy atom. The van der Waals surface area contributed by atoms with Crippen molar-refractivity contribution in [3.05, 3.63) is 23.0 Å². The molecule has 2 heteroatoms. The zero-order valence-corrected chi connectivity index (χ0v) is 11.8. The molecule has 98 valence electrons. The number of fused-ring (bicyclic) bond motifs is 1. The van der Waals surface area contributed by atoms with Gasteiger partial charge in [0.1, 0.15) is 0 Å². The van der Waals surface area contributed by atoms with Crippen LogP contribution in [-0.4, -0.2) is 10.4 Å². The Bertz CT molecular complexity index is 491. The predicted molar refractivity (Wildman–Crippen MR) is 72.9 cm³/mol. The Balaban J connectivity index is 1.92. The van der Waals surface area contributed by atoms with Gasteiger partial charge in [-0.1, -0.05) is 26.7 Å². The second-order valence-corrected chi connectivity index (χ2v) is 6.97. The highest BCUT2D eigenvalue weighted by molar-refractivity contribution is 5.99. The van der Waals surface area contributed by atoms with E-state index in [9.17, 15) is 4.79 Å². The average molecular weight is 245 g/mol. The highest BCUT2D eigenvalue weighted by atomic mass is 16.1. The molecule has 1 aromatic rings. The van der Waals surface area contributed by atoms with Crippen LogP contribution in [0.3, 0.4) is 0 Å². The zero-order valence-electron chi connectivity index (χ0n) is 11.8. The van der Waals surface area contributed by atoms with Crippen molar-refractivity contribution in [1.29, 1.82) is 0 Å². The van der Waals surface area contributed by atoms with E-state index >= 15 is 0 Å². The van der Waals surface area contributed by atoms with Crippen LogP contribution >= 0.6 is 0 Å². The summed E-state index contributed by atoms with van der Waals surface area (Å²) in [6, 6.07) is 2.11. The van der Waals surface area contributed by atoms with Gasteiger partial charge < -0.3 is 4.57 Å². The SMILES string of the molecule is Cc1cc2c(n1CCC1CC1)CC(C)(C)CC2=O. The lowest BCUT2D eigenvalue weighted by Crippen LogP contribution is -2.28. The number of ketones is 1. The molecule has 2 aliphatic carbocycles. The summed E-state index contributed by atoms with van der Waals surface area (Å²) >= 11 is 0. The molecule has 0 bridgehead atoms. The second-order valence-electron chi connectivity index (χ2n) is 6.97. The minimum atomic E-state index is 0.131. The van der Waals surface area contributed by atoms with E-state index in [1.807, 2.05) is 0 Å². The van der Waals surface area contributed by atoms with Crippen LogP contribution in [0.15, 0.2) is 6.07 Å². The van der Waals surface area contributed by atoms with Crippen molar-refractivity contribution in [3.8, 4) is 0 Å². The monoisotopic (exact) mass is 245 g/mol. The largest absolute Gasteiger partial charge is 0.348 e. The molecule has 0 aromatic carbocycles. The molecule has 1 saturated carbocycles. The van der Waals surface area contributed by atoms with Crippen molar-refractivity contribution in [2.24, 2.45) is 11.3 Å². The van der Waals surface area contributed by atoms with Gasteiger partial charge in [-0.3, -0.25) is 4.79 Å². The third kappa shape index (κ3) is 2.13. The van der Waals surface area contributed by atoms with E-state index in [2.05, 4.69) is 31.4 Å². The van der Waals surface area contributed by atoms with Crippen LogP contribution in [0.25, 0.3) is 0 Å². The summed E-state index contributed by atoms with van der Waals surface area (Å²) in [6.45, 7) is 7.67. The molecule has 0 unspecified atom stereocenters. The maximum Gasteiger partial charge on any atom is 0.165 e. The third-order valence-corrected chi connectivity index (χ3v) is 4.46. The molecule has 1 fully saturated rings. The summed E-state index contributed by atoms with van der Waals surface area (Å²) in [5.74, 6) is 1.30. The molecule has 2 nitrogen and oxygen atoms in total. The molecule has 0 spiro atoms. The molecular weight excluding hydrogens is 222 g/mol. The number of hydrogen-bond donors (Lipinski definition) is 0. The van der Waals surface area contributed by atoms with Crippen molar-refractivity contribution >= 4 is 5.78 Å². The van der Waals surface area contributed by atoms with Crippen LogP contribution in [0, 0.1) is 18.3 Å². The van der Waals surface area contributed by atoms with Crippen molar-refractivity contribution < 1.29 is 4.79 Å². The summed E-state index contributed by atoms with van der Waals surface area (Å²) in [5, 5.41) is 0. The predicted octanol–water partition coefficient (Wildman–Crippen LogP) is 3.75. The third-order valence-electron chi connectivity index (χ3n) is 4.46. The quantitative estimate of drug-likeness (QED) is 0.795. The van der Waals surface area contributed by atoms with Crippen molar-refractivity contribution in [1.82, 2.24) is 4.57 Å². The zero-order chi connectivity index (χ0) is 12.9. The van der Waals surface area contributed by atoms with Gasteiger partial charge in [-0.25, -0.2) is 0 Å². The van der Waals surface area contributed by atoms with E-state index in [1.54, 1.807) is 0 Å². The summed E-state index contributed by atoms with van der Waals surface area (Å²) in [7, 11) is 0. The number of carbonyl (C=O) groups is 1. The lowest BCUT2D eigenvalue weighted by atomic mass is 9.76. The van der Waals surface area contributed by atoms with Crippen LogP contribution in [-0.2, 0) is 13.0 Å². The lowest BCUT2D eigenvalue weighted by Gasteiger charge is -2.30. The summed E-state index contributed by atoms with van der Waals surface area (Å²) in [5.41, 5.74) is 3.70. The van der Waals surface area contributed by atoms with Gasteiger partial charge in [-0.2, -0.15) is 0 Å². The molecule has 0 aliphatic heterocycles. The van der Waals surface area contributed by atoms with Gasteiger partial charge in [0.25, 0.3) is 0 Å². The highest BCUT2D eigenvalue weighted by Crippen LogP contribution is 2.38. The summed E-state index contributed by atoms with van der Waals surface area (Å²) in [4.78, 5) is 12.2. The topological polar surface area (TPSA) is 22.0 Å². The van der Waals surface area contributed by atoms with E-state index in [4.69, 9.17) is 0 Å². The number of rotatable bonds is 3. The number of Topliss-reactive ketones (excluding diaryl/α,β-unsaturated/α-hetero) is 1. The molecule has 1 heterocycles. The molecule has 0 amide bonds. The van der Waals surface area contributed by atoms with Crippen LogP contribution < -0.4 is 0 Å². The first-order valence-electron chi connectivity index (χ1n) is 7.18. The fourth-order valence-electron chi connectivity index (χ4n) is 3.24. The molecule has 0 N–H and O–H groups in total. The molecule has 1 aromatic heterocycles. The van der Waals surface area contributed by atoms with Gasteiger partial charge >= 0.3 is 0 Å². The van der Waals surface area contributed by atoms with Gasteiger partial charge in [-0.15, -0.1) is 0 Å². The average Bonchev–Trinajstić information content (AvgIpc) is 3.01. The molecule has 18 heavy (non-hydrogen) atoms. The van der Waals surface area contributed by atoms with Gasteiger partial charge in [0, 0.05) is 29.9 Å². The smallest absolute Gasteiger partial charge is 0.165 e. The van der Waals surface area contributed by atoms with Crippen molar-refractivity contribution in [2.75, 3.05) is 0 Å². The van der Waals surface area contributed by atoms with Gasteiger partial charge in [-0.05, 0) is 37.2 Å². The fraction of sp³-hybridized carbons (Fsp3) is 0.688. The van der Waals surface area contributed by atoms with Gasteiger partial charge in [0.2, 0.25) is 0 Å². The Morgan fingerprint density at radius 1 is 1.33 bits per heavy atom. The fourth-order valence-corrected chi connectivity index (χ4v) is 3.24. The number of aromatic nitrogens is 1. The minimum absolute atomic E-state index is 0.131. The minimum Gasteiger partial charge on any atom is -0.348 e. The highest BCUT2D eigenvalue weighted by Gasteiger charge is 2.34. The van der Waals surface area contributed by atoms with E-state index < -0.39 is 0 Å². The first kappa shape index (κ1) is 12.0. The van der Waals surface area contributed by atoms with Crippen LogP contribution in [0.2, 0.25) is 0 Å². The Kier molecular flexibility index (Phi) is 2.65. The van der Waals surface area contributed by atoms with E-state index in [0.29, 0.717) is 12.2 Å². The number of aryl methyl sites for hydroxylation is 1. The molecule has 0 radical (unpaired) electrons. The first-order chi connectivity index (χ1) is 8.46. The van der Waals surface area contributed by atoms with Crippen molar-refractivity contribution in [2.45, 2.75) is 59.4 Å². The van der Waals surface area contributed by atoms with Crippen LogP contribution in [0.4, 0.5) is 0 Å². The maximum atomic E-state index is 12.2. The Hall–Kier alpha value is -1.05.